The molecule has 0 aromatic carbocycles. The van der Waals surface area contributed by atoms with Gasteiger partial charge in [0.25, 0.3) is 0 Å². The van der Waals surface area contributed by atoms with Crippen LogP contribution in [0, 0.1) is 6.92 Å². The number of Topliss-reactive ketones (excluding diaryl/α,β-unsaturated/α-hetero) is 1. The molecule has 1 aromatic heterocycles. The zero-order valence-corrected chi connectivity index (χ0v) is 8.49. The molecule has 3 nitrogen and oxygen atoms in total. The van der Waals surface area contributed by atoms with Crippen molar-refractivity contribution >= 4 is 22.8 Å². The fraction of sp³-hybridized carbons (Fsp3) is 0.444. The number of carbonyl (C=O) groups is 1. The summed E-state index contributed by atoms with van der Waals surface area (Å²) >= 11 is 1.53. The molecule has 0 fully saturated rings. The highest BCUT2D eigenvalue weighted by molar-refractivity contribution is 7.13. The van der Waals surface area contributed by atoms with Gasteiger partial charge in [-0.2, -0.15) is 0 Å². The molecular weight excluding hydrogens is 184 g/mol. The minimum absolute atomic E-state index is 0.0643. The summed E-state index contributed by atoms with van der Waals surface area (Å²) in [7, 11) is 1.82. The van der Waals surface area contributed by atoms with E-state index in [0.717, 1.165) is 10.6 Å². The van der Waals surface area contributed by atoms with Gasteiger partial charge in [-0.25, -0.2) is 0 Å². The van der Waals surface area contributed by atoms with Gasteiger partial charge in [0.2, 0.25) is 0 Å². The topological polar surface area (TPSA) is 41.1 Å². The SMILES string of the molecule is CNC1CNc2c(C)csc2C1=O. The van der Waals surface area contributed by atoms with Gasteiger partial charge in [0.05, 0.1) is 16.6 Å². The minimum atomic E-state index is -0.0643. The lowest BCUT2D eigenvalue weighted by molar-refractivity contribution is 0.0953. The molecule has 1 aliphatic rings. The van der Waals surface area contributed by atoms with E-state index in [9.17, 15) is 4.79 Å². The summed E-state index contributed by atoms with van der Waals surface area (Å²) in [5, 5.41) is 8.29. The Morgan fingerprint density at radius 2 is 2.46 bits per heavy atom. The second kappa shape index (κ2) is 3.12. The van der Waals surface area contributed by atoms with Crippen molar-refractivity contribution in [2.75, 3.05) is 18.9 Å². The van der Waals surface area contributed by atoms with E-state index in [1.54, 1.807) is 0 Å². The molecule has 1 aromatic rings. The maximum absolute atomic E-state index is 11.8. The first-order valence-corrected chi connectivity index (χ1v) is 5.15. The van der Waals surface area contributed by atoms with E-state index in [1.165, 1.54) is 16.9 Å². The number of fused-ring (bicyclic) bond motifs is 1. The Morgan fingerprint density at radius 1 is 1.69 bits per heavy atom. The molecule has 70 valence electrons. The zero-order valence-electron chi connectivity index (χ0n) is 7.68. The van der Waals surface area contributed by atoms with Crippen molar-refractivity contribution in [2.45, 2.75) is 13.0 Å². The van der Waals surface area contributed by atoms with E-state index < -0.39 is 0 Å². The Balaban J connectivity index is 2.40. The van der Waals surface area contributed by atoms with Gasteiger partial charge in [0.15, 0.2) is 5.78 Å². The molecule has 1 aliphatic heterocycles. The predicted octanol–water partition coefficient (Wildman–Crippen LogP) is 1.25. The monoisotopic (exact) mass is 196 g/mol. The van der Waals surface area contributed by atoms with Crippen molar-refractivity contribution in [3.05, 3.63) is 15.8 Å². The fourth-order valence-corrected chi connectivity index (χ4v) is 2.56. The van der Waals surface area contributed by atoms with Crippen molar-refractivity contribution < 1.29 is 4.79 Å². The summed E-state index contributed by atoms with van der Waals surface area (Å²) in [6, 6.07) is -0.0643. The molecule has 0 radical (unpaired) electrons. The molecular formula is C9H12N2OS. The van der Waals surface area contributed by atoms with Crippen LogP contribution in [0.5, 0.6) is 0 Å². The zero-order chi connectivity index (χ0) is 9.42. The number of carbonyl (C=O) groups excluding carboxylic acids is 1. The van der Waals surface area contributed by atoms with E-state index in [4.69, 9.17) is 0 Å². The molecule has 0 spiro atoms. The van der Waals surface area contributed by atoms with Crippen LogP contribution >= 0.6 is 11.3 Å². The second-order valence-corrected chi connectivity index (χ2v) is 4.09. The predicted molar refractivity (Wildman–Crippen MR) is 54.7 cm³/mol. The normalized spacial score (nSPS) is 21.1. The van der Waals surface area contributed by atoms with Gasteiger partial charge in [0, 0.05) is 6.54 Å². The summed E-state index contributed by atoms with van der Waals surface area (Å²) in [5.74, 6) is 0.217. The van der Waals surface area contributed by atoms with Crippen LogP contribution < -0.4 is 10.6 Å². The Kier molecular flexibility index (Phi) is 2.09. The molecule has 4 heteroatoms. The molecule has 1 atom stereocenters. The largest absolute Gasteiger partial charge is 0.382 e. The first kappa shape index (κ1) is 8.72. The lowest BCUT2D eigenvalue weighted by Gasteiger charge is -2.22. The van der Waals surface area contributed by atoms with Crippen LogP contribution in [-0.2, 0) is 0 Å². The molecule has 0 saturated heterocycles. The van der Waals surface area contributed by atoms with Crippen molar-refractivity contribution in [1.29, 1.82) is 0 Å². The maximum Gasteiger partial charge on any atom is 0.193 e. The van der Waals surface area contributed by atoms with Gasteiger partial charge in [0.1, 0.15) is 0 Å². The molecule has 0 bridgehead atoms. The standard InChI is InChI=1S/C9H12N2OS/c1-5-4-13-9-7(5)11-3-6(10-2)8(9)12/h4,6,10-11H,3H2,1-2H3. The molecule has 2 N–H and O–H groups in total. The summed E-state index contributed by atoms with van der Waals surface area (Å²) in [4.78, 5) is 12.6. The Bertz CT molecular complexity index is 345. The van der Waals surface area contributed by atoms with Gasteiger partial charge >= 0.3 is 0 Å². The number of anilines is 1. The Hall–Kier alpha value is -0.870. The highest BCUT2D eigenvalue weighted by Gasteiger charge is 2.28. The highest BCUT2D eigenvalue weighted by Crippen LogP contribution is 2.31. The number of likely N-dealkylation sites (N-methyl/N-ethyl adjacent to an activating group) is 1. The van der Waals surface area contributed by atoms with Gasteiger partial charge in [-0.3, -0.25) is 4.79 Å². The number of nitrogens with one attached hydrogen (secondary N) is 2. The van der Waals surface area contributed by atoms with Crippen LogP contribution in [0.4, 0.5) is 5.69 Å². The molecule has 1 unspecified atom stereocenters. The Labute approximate surface area is 81.2 Å². The van der Waals surface area contributed by atoms with Crippen LogP contribution in [0.3, 0.4) is 0 Å². The smallest absolute Gasteiger partial charge is 0.193 e. The van der Waals surface area contributed by atoms with E-state index in [-0.39, 0.29) is 11.8 Å². The maximum atomic E-state index is 11.8. The van der Waals surface area contributed by atoms with Crippen LogP contribution in [0.25, 0.3) is 0 Å². The fourth-order valence-electron chi connectivity index (χ4n) is 1.53. The van der Waals surface area contributed by atoms with Gasteiger partial charge in [-0.05, 0) is 24.9 Å². The average Bonchev–Trinajstić information content (AvgIpc) is 2.50. The number of aryl methyl sites for hydroxylation is 1. The second-order valence-electron chi connectivity index (χ2n) is 3.21. The summed E-state index contributed by atoms with van der Waals surface area (Å²) in [6.07, 6.45) is 0. The third kappa shape index (κ3) is 1.26. The van der Waals surface area contributed by atoms with Crippen molar-refractivity contribution in [3.63, 3.8) is 0 Å². The third-order valence-corrected chi connectivity index (χ3v) is 3.46. The van der Waals surface area contributed by atoms with E-state index in [0.29, 0.717) is 6.54 Å². The molecule has 0 amide bonds. The average molecular weight is 196 g/mol. The first-order valence-electron chi connectivity index (χ1n) is 4.27. The molecule has 0 aliphatic carbocycles. The molecule has 2 rings (SSSR count). The third-order valence-electron chi connectivity index (χ3n) is 2.35. The van der Waals surface area contributed by atoms with Gasteiger partial charge in [-0.1, -0.05) is 0 Å². The summed E-state index contributed by atoms with van der Waals surface area (Å²) < 4.78 is 0. The van der Waals surface area contributed by atoms with Crippen LogP contribution in [0.15, 0.2) is 5.38 Å². The van der Waals surface area contributed by atoms with Crippen LogP contribution in [-0.4, -0.2) is 25.4 Å². The molecule has 13 heavy (non-hydrogen) atoms. The lowest BCUT2D eigenvalue weighted by Crippen LogP contribution is -2.43. The van der Waals surface area contributed by atoms with Gasteiger partial charge < -0.3 is 10.6 Å². The first-order chi connectivity index (χ1) is 6.24. The highest BCUT2D eigenvalue weighted by atomic mass is 32.1. The van der Waals surface area contributed by atoms with Crippen molar-refractivity contribution in [1.82, 2.24) is 5.32 Å². The number of ketones is 1. The lowest BCUT2D eigenvalue weighted by atomic mass is 10.1. The quantitative estimate of drug-likeness (QED) is 0.710. The van der Waals surface area contributed by atoms with Crippen molar-refractivity contribution in [2.24, 2.45) is 0 Å². The van der Waals surface area contributed by atoms with Crippen molar-refractivity contribution in [3.8, 4) is 0 Å². The van der Waals surface area contributed by atoms with E-state index >= 15 is 0 Å². The van der Waals surface area contributed by atoms with Crippen LogP contribution in [0.2, 0.25) is 0 Å². The number of hydrogen-bond donors (Lipinski definition) is 2. The van der Waals surface area contributed by atoms with Gasteiger partial charge in [-0.15, -0.1) is 11.3 Å². The van der Waals surface area contributed by atoms with Crippen LogP contribution in [0.1, 0.15) is 15.2 Å². The summed E-state index contributed by atoms with van der Waals surface area (Å²) in [5.41, 5.74) is 2.20. The Morgan fingerprint density at radius 3 is 3.15 bits per heavy atom. The van der Waals surface area contributed by atoms with E-state index in [2.05, 4.69) is 10.6 Å². The number of thiophene rings is 1. The number of rotatable bonds is 1. The number of hydrogen-bond acceptors (Lipinski definition) is 4. The molecule has 0 saturated carbocycles. The van der Waals surface area contributed by atoms with E-state index in [1.807, 2.05) is 19.4 Å². The summed E-state index contributed by atoms with van der Waals surface area (Å²) in [6.45, 7) is 2.72. The molecule has 2 heterocycles. The minimum Gasteiger partial charge on any atom is -0.382 e.